The third kappa shape index (κ3) is 4.27. The van der Waals surface area contributed by atoms with E-state index in [1.54, 1.807) is 18.2 Å². The highest BCUT2D eigenvalue weighted by atomic mass is 35.5. The van der Waals surface area contributed by atoms with Crippen LogP contribution in [0.4, 0.5) is 5.69 Å². The van der Waals surface area contributed by atoms with Gasteiger partial charge in [0.05, 0.1) is 11.6 Å². The molecule has 0 amide bonds. The highest BCUT2D eigenvalue weighted by Crippen LogP contribution is 2.24. The Bertz CT molecular complexity index is 390. The number of benzene rings is 1. The van der Waals surface area contributed by atoms with Crippen molar-refractivity contribution in [2.45, 2.75) is 27.2 Å². The number of ether oxygens (including phenoxy) is 1. The highest BCUT2D eigenvalue weighted by Gasteiger charge is 2.17. The second kappa shape index (κ2) is 5.41. The van der Waals surface area contributed by atoms with Gasteiger partial charge in [-0.2, -0.15) is 0 Å². The fourth-order valence-electron chi connectivity index (χ4n) is 1.28. The number of hydrogen-bond donors (Lipinski definition) is 1. The van der Waals surface area contributed by atoms with Gasteiger partial charge < -0.3 is 10.5 Å². The monoisotopic (exact) mass is 255 g/mol. The summed E-state index contributed by atoms with van der Waals surface area (Å²) in [7, 11) is 0. The van der Waals surface area contributed by atoms with Crippen LogP contribution < -0.4 is 5.73 Å². The molecular weight excluding hydrogens is 238 g/mol. The molecule has 0 saturated heterocycles. The van der Waals surface area contributed by atoms with E-state index < -0.39 is 5.97 Å². The average molecular weight is 256 g/mol. The molecule has 1 rings (SSSR count). The molecule has 1 aromatic rings. The number of carbonyl (C=O) groups excluding carboxylic acids is 1. The van der Waals surface area contributed by atoms with Crippen molar-refractivity contribution in [3.8, 4) is 0 Å². The molecule has 0 fully saturated rings. The molecule has 17 heavy (non-hydrogen) atoms. The Kier molecular flexibility index (Phi) is 4.40. The van der Waals surface area contributed by atoms with Gasteiger partial charge in [-0.1, -0.05) is 38.4 Å². The van der Waals surface area contributed by atoms with Crippen molar-refractivity contribution >= 4 is 23.3 Å². The van der Waals surface area contributed by atoms with Gasteiger partial charge in [-0.05, 0) is 24.0 Å². The number of rotatable bonds is 3. The smallest absolute Gasteiger partial charge is 0.341 e. The molecule has 0 aromatic heterocycles. The molecule has 0 bridgehead atoms. The quantitative estimate of drug-likeness (QED) is 0.664. The molecule has 2 N–H and O–H groups in total. The summed E-state index contributed by atoms with van der Waals surface area (Å²) in [4.78, 5) is 11.8. The normalized spacial score (nSPS) is 11.3. The lowest BCUT2D eigenvalue weighted by atomic mass is 9.93. The van der Waals surface area contributed by atoms with E-state index in [0.29, 0.717) is 17.3 Å². The SMILES string of the molecule is CC(C)(C)CCOC(=O)c1c(N)cccc1Cl. The topological polar surface area (TPSA) is 52.3 Å². The Morgan fingerprint density at radius 1 is 1.41 bits per heavy atom. The van der Waals surface area contributed by atoms with Gasteiger partial charge in [0.2, 0.25) is 0 Å². The minimum Gasteiger partial charge on any atom is -0.462 e. The summed E-state index contributed by atoms with van der Waals surface area (Å²) >= 11 is 5.91. The highest BCUT2D eigenvalue weighted by molar-refractivity contribution is 6.34. The molecule has 0 unspecified atom stereocenters. The fraction of sp³-hybridized carbons (Fsp3) is 0.462. The lowest BCUT2D eigenvalue weighted by Gasteiger charge is -2.17. The second-order valence-corrected chi connectivity index (χ2v) is 5.56. The predicted octanol–water partition coefficient (Wildman–Crippen LogP) is 3.52. The van der Waals surface area contributed by atoms with Gasteiger partial charge in [0.15, 0.2) is 0 Å². The van der Waals surface area contributed by atoms with Crippen molar-refractivity contribution in [3.05, 3.63) is 28.8 Å². The number of hydrogen-bond acceptors (Lipinski definition) is 3. The van der Waals surface area contributed by atoms with Crippen molar-refractivity contribution in [1.29, 1.82) is 0 Å². The van der Waals surface area contributed by atoms with Crippen LogP contribution in [0.15, 0.2) is 18.2 Å². The zero-order valence-electron chi connectivity index (χ0n) is 10.4. The summed E-state index contributed by atoms with van der Waals surface area (Å²) < 4.78 is 5.16. The van der Waals surface area contributed by atoms with Crippen LogP contribution in [-0.4, -0.2) is 12.6 Å². The van der Waals surface area contributed by atoms with Gasteiger partial charge in [0.25, 0.3) is 0 Å². The van der Waals surface area contributed by atoms with Gasteiger partial charge in [-0.15, -0.1) is 0 Å². The number of halogens is 1. The molecule has 0 spiro atoms. The maximum atomic E-state index is 11.8. The largest absolute Gasteiger partial charge is 0.462 e. The van der Waals surface area contributed by atoms with Crippen LogP contribution in [0.5, 0.6) is 0 Å². The van der Waals surface area contributed by atoms with Crippen molar-refractivity contribution < 1.29 is 9.53 Å². The van der Waals surface area contributed by atoms with Gasteiger partial charge >= 0.3 is 5.97 Å². The summed E-state index contributed by atoms with van der Waals surface area (Å²) in [5.41, 5.74) is 6.42. The van der Waals surface area contributed by atoms with Crippen molar-refractivity contribution in [3.63, 3.8) is 0 Å². The minimum absolute atomic E-state index is 0.131. The van der Waals surface area contributed by atoms with Crippen molar-refractivity contribution in [2.75, 3.05) is 12.3 Å². The summed E-state index contributed by atoms with van der Waals surface area (Å²) in [5.74, 6) is -0.461. The van der Waals surface area contributed by atoms with Crippen LogP contribution in [0.2, 0.25) is 5.02 Å². The van der Waals surface area contributed by atoms with Crippen molar-refractivity contribution in [2.24, 2.45) is 5.41 Å². The van der Waals surface area contributed by atoms with Crippen LogP contribution in [0.3, 0.4) is 0 Å². The van der Waals surface area contributed by atoms with E-state index in [4.69, 9.17) is 22.1 Å². The molecule has 0 aliphatic carbocycles. The molecular formula is C13H18ClNO2. The minimum atomic E-state index is -0.461. The van der Waals surface area contributed by atoms with Crippen LogP contribution in [0, 0.1) is 5.41 Å². The Labute approximate surface area is 107 Å². The average Bonchev–Trinajstić information content (AvgIpc) is 2.15. The van der Waals surface area contributed by atoms with E-state index in [1.807, 2.05) is 0 Å². The standard InChI is InChI=1S/C13H18ClNO2/c1-13(2,3)7-8-17-12(16)11-9(14)5-4-6-10(11)15/h4-6H,7-8,15H2,1-3H3. The van der Waals surface area contributed by atoms with E-state index in [9.17, 15) is 4.79 Å². The van der Waals surface area contributed by atoms with Crippen LogP contribution in [0.1, 0.15) is 37.6 Å². The predicted molar refractivity (Wildman–Crippen MR) is 70.2 cm³/mol. The van der Waals surface area contributed by atoms with E-state index in [0.717, 1.165) is 6.42 Å². The van der Waals surface area contributed by atoms with Crippen LogP contribution in [-0.2, 0) is 4.74 Å². The molecule has 0 atom stereocenters. The number of anilines is 1. The first-order chi connectivity index (χ1) is 7.81. The Hall–Kier alpha value is -1.22. The Morgan fingerprint density at radius 3 is 2.59 bits per heavy atom. The third-order valence-electron chi connectivity index (χ3n) is 2.34. The van der Waals surface area contributed by atoms with Gasteiger partial charge in [0.1, 0.15) is 5.56 Å². The first kappa shape index (κ1) is 13.8. The van der Waals surface area contributed by atoms with Gasteiger partial charge in [-0.25, -0.2) is 4.79 Å². The van der Waals surface area contributed by atoms with Crippen LogP contribution >= 0.6 is 11.6 Å². The maximum absolute atomic E-state index is 11.8. The zero-order valence-corrected chi connectivity index (χ0v) is 11.2. The van der Waals surface area contributed by atoms with Gasteiger partial charge in [-0.3, -0.25) is 0 Å². The molecule has 0 aliphatic rings. The molecule has 4 heteroatoms. The second-order valence-electron chi connectivity index (χ2n) is 5.15. The fourth-order valence-corrected chi connectivity index (χ4v) is 1.54. The molecule has 0 aliphatic heterocycles. The molecule has 94 valence electrons. The zero-order chi connectivity index (χ0) is 13.1. The molecule has 0 heterocycles. The lowest BCUT2D eigenvalue weighted by Crippen LogP contribution is -2.14. The summed E-state index contributed by atoms with van der Waals surface area (Å²) in [5, 5.41) is 0.325. The number of nitrogens with two attached hydrogens (primary N) is 1. The number of esters is 1. The van der Waals surface area contributed by atoms with E-state index in [2.05, 4.69) is 20.8 Å². The first-order valence-corrected chi connectivity index (χ1v) is 5.90. The molecule has 3 nitrogen and oxygen atoms in total. The molecule has 0 saturated carbocycles. The van der Waals surface area contributed by atoms with Crippen molar-refractivity contribution in [1.82, 2.24) is 0 Å². The van der Waals surface area contributed by atoms with Gasteiger partial charge in [0, 0.05) is 5.69 Å². The molecule has 1 aromatic carbocycles. The van der Waals surface area contributed by atoms with E-state index in [-0.39, 0.29) is 11.0 Å². The van der Waals surface area contributed by atoms with E-state index >= 15 is 0 Å². The van der Waals surface area contributed by atoms with E-state index in [1.165, 1.54) is 0 Å². The lowest BCUT2D eigenvalue weighted by molar-refractivity contribution is 0.0466. The third-order valence-corrected chi connectivity index (χ3v) is 2.65. The van der Waals surface area contributed by atoms with Crippen LogP contribution in [0.25, 0.3) is 0 Å². The summed E-state index contributed by atoms with van der Waals surface area (Å²) in [6, 6.07) is 4.95. The summed E-state index contributed by atoms with van der Waals surface area (Å²) in [6.45, 7) is 6.63. The summed E-state index contributed by atoms with van der Waals surface area (Å²) in [6.07, 6.45) is 0.795. The Morgan fingerprint density at radius 2 is 2.06 bits per heavy atom. The first-order valence-electron chi connectivity index (χ1n) is 5.52. The molecule has 0 radical (unpaired) electrons. The maximum Gasteiger partial charge on any atom is 0.341 e. The number of nitrogen functional groups attached to an aromatic ring is 1. The number of carbonyl (C=O) groups is 1. The Balaban J connectivity index is 2.65.